The van der Waals surface area contributed by atoms with Gasteiger partial charge in [-0.2, -0.15) is 0 Å². The van der Waals surface area contributed by atoms with Crippen LogP contribution in [0.1, 0.15) is 18.4 Å². The molecule has 1 aliphatic rings. The maximum Gasteiger partial charge on any atom is 0.238 e. The second kappa shape index (κ2) is 7.93. The summed E-state index contributed by atoms with van der Waals surface area (Å²) in [6.07, 6.45) is 1.85. The van der Waals surface area contributed by atoms with E-state index in [2.05, 4.69) is 26.1 Å². The monoisotopic (exact) mass is 381 g/mol. The molecule has 6 heteroatoms. The predicted molar refractivity (Wildman–Crippen MR) is 95.4 cm³/mol. The minimum atomic E-state index is -0.0486. The van der Waals surface area contributed by atoms with Crippen LogP contribution in [-0.2, 0) is 9.59 Å². The minimum absolute atomic E-state index is 0.00217. The van der Waals surface area contributed by atoms with Gasteiger partial charge in [0.05, 0.1) is 18.2 Å². The highest BCUT2D eigenvalue weighted by Gasteiger charge is 2.27. The Balaban J connectivity index is 1.91. The predicted octanol–water partition coefficient (Wildman–Crippen LogP) is 2.50. The van der Waals surface area contributed by atoms with Crippen molar-refractivity contribution in [3.8, 4) is 0 Å². The van der Waals surface area contributed by atoms with Gasteiger partial charge in [-0.1, -0.05) is 6.07 Å². The molecule has 0 bridgehead atoms. The third kappa shape index (κ3) is 5.04. The molecule has 1 aliphatic heterocycles. The topological polar surface area (TPSA) is 52.7 Å². The lowest BCUT2D eigenvalue weighted by atomic mass is 9.97. The summed E-state index contributed by atoms with van der Waals surface area (Å²) in [4.78, 5) is 28.0. The molecule has 1 heterocycles. The number of anilines is 1. The van der Waals surface area contributed by atoms with Gasteiger partial charge in [0.2, 0.25) is 11.8 Å². The van der Waals surface area contributed by atoms with Crippen molar-refractivity contribution in [2.75, 3.05) is 39.0 Å². The Morgan fingerprint density at radius 3 is 2.78 bits per heavy atom. The molecule has 2 rings (SSSR count). The minimum Gasteiger partial charge on any atom is -0.349 e. The van der Waals surface area contributed by atoms with E-state index in [-0.39, 0.29) is 17.7 Å². The van der Waals surface area contributed by atoms with Gasteiger partial charge in [0.15, 0.2) is 0 Å². The van der Waals surface area contributed by atoms with E-state index in [9.17, 15) is 9.59 Å². The SMILES string of the molecule is Cc1ccc(NC(=O)CN2CCCC(C(=O)N(C)C)C2)c(Br)c1. The summed E-state index contributed by atoms with van der Waals surface area (Å²) >= 11 is 3.47. The van der Waals surface area contributed by atoms with Crippen LogP contribution in [0.5, 0.6) is 0 Å². The van der Waals surface area contributed by atoms with Crippen molar-refractivity contribution in [2.45, 2.75) is 19.8 Å². The second-order valence-electron chi connectivity index (χ2n) is 6.34. The van der Waals surface area contributed by atoms with Crippen molar-refractivity contribution >= 4 is 33.4 Å². The first-order chi connectivity index (χ1) is 10.9. The Kier molecular flexibility index (Phi) is 6.18. The standard InChI is InChI=1S/C17H24BrN3O2/c1-12-6-7-15(14(18)9-12)19-16(22)11-21-8-4-5-13(10-21)17(23)20(2)3/h6-7,9,13H,4-5,8,10-11H2,1-3H3,(H,19,22). The zero-order valence-electron chi connectivity index (χ0n) is 13.9. The summed E-state index contributed by atoms with van der Waals surface area (Å²) in [5.41, 5.74) is 1.91. The maximum atomic E-state index is 12.3. The molecule has 1 atom stereocenters. The molecule has 1 fully saturated rings. The number of halogens is 1. The van der Waals surface area contributed by atoms with Crippen molar-refractivity contribution in [3.63, 3.8) is 0 Å². The van der Waals surface area contributed by atoms with Crippen molar-refractivity contribution in [3.05, 3.63) is 28.2 Å². The van der Waals surface area contributed by atoms with E-state index < -0.39 is 0 Å². The van der Waals surface area contributed by atoms with Gasteiger partial charge in [0.25, 0.3) is 0 Å². The van der Waals surface area contributed by atoms with Gasteiger partial charge in [-0.15, -0.1) is 0 Å². The van der Waals surface area contributed by atoms with E-state index in [4.69, 9.17) is 0 Å². The molecule has 1 aromatic carbocycles. The normalized spacial score (nSPS) is 18.5. The lowest BCUT2D eigenvalue weighted by molar-refractivity contribution is -0.135. The summed E-state index contributed by atoms with van der Waals surface area (Å²) in [6, 6.07) is 5.83. The molecular formula is C17H24BrN3O2. The molecule has 0 radical (unpaired) electrons. The van der Waals surface area contributed by atoms with Crippen LogP contribution in [0.25, 0.3) is 0 Å². The number of nitrogens with one attached hydrogen (secondary N) is 1. The van der Waals surface area contributed by atoms with Crippen LogP contribution < -0.4 is 5.32 Å². The molecular weight excluding hydrogens is 358 g/mol. The zero-order valence-corrected chi connectivity index (χ0v) is 15.5. The fraction of sp³-hybridized carbons (Fsp3) is 0.529. The average molecular weight is 382 g/mol. The summed E-state index contributed by atoms with van der Waals surface area (Å²) < 4.78 is 0.880. The fourth-order valence-electron chi connectivity index (χ4n) is 2.88. The van der Waals surface area contributed by atoms with Gasteiger partial charge in [-0.3, -0.25) is 14.5 Å². The van der Waals surface area contributed by atoms with E-state index in [1.807, 2.05) is 25.1 Å². The number of likely N-dealkylation sites (tertiary alicyclic amines) is 1. The van der Waals surface area contributed by atoms with E-state index in [0.29, 0.717) is 13.1 Å². The van der Waals surface area contributed by atoms with Crippen molar-refractivity contribution in [1.29, 1.82) is 0 Å². The number of carbonyl (C=O) groups excluding carboxylic acids is 2. The Labute approximate surface area is 146 Å². The molecule has 5 nitrogen and oxygen atoms in total. The third-order valence-electron chi connectivity index (χ3n) is 4.06. The van der Waals surface area contributed by atoms with Gasteiger partial charge >= 0.3 is 0 Å². The number of hydrogen-bond donors (Lipinski definition) is 1. The third-order valence-corrected chi connectivity index (χ3v) is 4.72. The summed E-state index contributed by atoms with van der Waals surface area (Å²) in [5.74, 6) is 0.0987. The average Bonchev–Trinajstić information content (AvgIpc) is 2.49. The number of carbonyl (C=O) groups is 2. The Morgan fingerprint density at radius 1 is 1.39 bits per heavy atom. The molecule has 1 N–H and O–H groups in total. The molecule has 2 amide bonds. The highest BCUT2D eigenvalue weighted by molar-refractivity contribution is 9.10. The highest BCUT2D eigenvalue weighted by atomic mass is 79.9. The second-order valence-corrected chi connectivity index (χ2v) is 7.19. The Morgan fingerprint density at radius 2 is 2.13 bits per heavy atom. The number of amides is 2. The van der Waals surface area contributed by atoms with Gasteiger partial charge < -0.3 is 10.2 Å². The van der Waals surface area contributed by atoms with Crippen molar-refractivity contribution in [2.24, 2.45) is 5.92 Å². The first kappa shape index (κ1) is 17.9. The smallest absolute Gasteiger partial charge is 0.238 e. The largest absolute Gasteiger partial charge is 0.349 e. The molecule has 126 valence electrons. The number of hydrogen-bond acceptors (Lipinski definition) is 3. The van der Waals surface area contributed by atoms with Crippen molar-refractivity contribution in [1.82, 2.24) is 9.80 Å². The molecule has 0 aromatic heterocycles. The lowest BCUT2D eigenvalue weighted by Crippen LogP contribution is -2.45. The van der Waals surface area contributed by atoms with Gasteiger partial charge in [0, 0.05) is 25.1 Å². The van der Waals surface area contributed by atoms with Crippen LogP contribution in [0.15, 0.2) is 22.7 Å². The molecule has 0 aliphatic carbocycles. The van der Waals surface area contributed by atoms with E-state index in [1.54, 1.807) is 19.0 Å². The molecule has 1 saturated heterocycles. The van der Waals surface area contributed by atoms with E-state index >= 15 is 0 Å². The first-order valence-electron chi connectivity index (χ1n) is 7.86. The molecule has 1 unspecified atom stereocenters. The van der Waals surface area contributed by atoms with Crippen LogP contribution in [0, 0.1) is 12.8 Å². The van der Waals surface area contributed by atoms with Gasteiger partial charge in [0.1, 0.15) is 0 Å². The molecule has 0 spiro atoms. The first-order valence-corrected chi connectivity index (χ1v) is 8.65. The Hall–Kier alpha value is -1.40. The molecule has 0 saturated carbocycles. The van der Waals surface area contributed by atoms with Crippen LogP contribution >= 0.6 is 15.9 Å². The lowest BCUT2D eigenvalue weighted by Gasteiger charge is -2.32. The molecule has 23 heavy (non-hydrogen) atoms. The van der Waals surface area contributed by atoms with Crippen LogP contribution in [0.3, 0.4) is 0 Å². The molecule has 1 aromatic rings. The number of benzene rings is 1. The number of nitrogens with zero attached hydrogens (tertiary/aromatic N) is 2. The van der Waals surface area contributed by atoms with E-state index in [0.717, 1.165) is 35.1 Å². The number of piperidine rings is 1. The van der Waals surface area contributed by atoms with Gasteiger partial charge in [-0.25, -0.2) is 0 Å². The quantitative estimate of drug-likeness (QED) is 0.871. The maximum absolute atomic E-state index is 12.3. The summed E-state index contributed by atoms with van der Waals surface area (Å²) in [7, 11) is 3.56. The number of rotatable bonds is 4. The van der Waals surface area contributed by atoms with Gasteiger partial charge in [-0.05, 0) is 59.9 Å². The summed E-state index contributed by atoms with van der Waals surface area (Å²) in [6.45, 7) is 3.84. The van der Waals surface area contributed by atoms with Crippen LogP contribution in [0.2, 0.25) is 0 Å². The zero-order chi connectivity index (χ0) is 17.0. The van der Waals surface area contributed by atoms with E-state index in [1.165, 1.54) is 0 Å². The van der Waals surface area contributed by atoms with Crippen molar-refractivity contribution < 1.29 is 9.59 Å². The van der Waals surface area contributed by atoms with Crippen LogP contribution in [-0.4, -0.2) is 55.3 Å². The van der Waals surface area contributed by atoms with Crippen LogP contribution in [0.4, 0.5) is 5.69 Å². The summed E-state index contributed by atoms with van der Waals surface area (Å²) in [5, 5.41) is 2.93. The highest BCUT2D eigenvalue weighted by Crippen LogP contribution is 2.23. The fourth-order valence-corrected chi connectivity index (χ4v) is 3.47. The number of aryl methyl sites for hydroxylation is 1. The Bertz CT molecular complexity index is 589.